The smallest absolute Gasteiger partial charge is 0.213 e. The molecule has 0 radical (unpaired) electrons. The van der Waals surface area contributed by atoms with E-state index in [1.807, 2.05) is 43.4 Å². The minimum Gasteiger partial charge on any atom is -0.481 e. The number of rotatable bonds is 5. The molecular weight excluding hydrogens is 276 g/mol. The lowest BCUT2D eigenvalue weighted by molar-refractivity contribution is 0.396. The minimum atomic E-state index is 0.600. The number of benzene rings is 1. The molecule has 0 fully saturated rings. The van der Waals surface area contributed by atoms with Crippen LogP contribution in [-0.2, 0) is 13.1 Å². The lowest BCUT2D eigenvalue weighted by atomic mass is 10.2. The van der Waals surface area contributed by atoms with Gasteiger partial charge >= 0.3 is 0 Å². The first kappa shape index (κ1) is 15.8. The van der Waals surface area contributed by atoms with Crippen molar-refractivity contribution in [2.45, 2.75) is 13.1 Å². The van der Waals surface area contributed by atoms with E-state index in [0.29, 0.717) is 12.4 Å². The number of hydrogen-bond donors (Lipinski definition) is 1. The van der Waals surface area contributed by atoms with Crippen molar-refractivity contribution < 1.29 is 4.74 Å². The topological polar surface area (TPSA) is 49.8 Å². The molecule has 1 heterocycles. The van der Waals surface area contributed by atoms with Crippen LogP contribution >= 0.6 is 0 Å². The number of hydrogen-bond acceptors (Lipinski definition) is 3. The summed E-state index contributed by atoms with van der Waals surface area (Å²) in [5.74, 6) is 1.44. The second-order valence-corrected chi connectivity index (χ2v) is 4.91. The van der Waals surface area contributed by atoms with E-state index in [-0.39, 0.29) is 0 Å². The Hall–Kier alpha value is -2.56. The fraction of sp³-hybridized carbons (Fsp3) is 0.294. The molecule has 0 aliphatic heterocycles. The van der Waals surface area contributed by atoms with Crippen molar-refractivity contribution in [1.29, 1.82) is 0 Å². The van der Waals surface area contributed by atoms with Crippen LogP contribution in [0, 0.1) is 0 Å². The monoisotopic (exact) mass is 298 g/mol. The van der Waals surface area contributed by atoms with Crippen LogP contribution in [0.2, 0.25) is 0 Å². The van der Waals surface area contributed by atoms with Crippen LogP contribution in [0.1, 0.15) is 11.3 Å². The zero-order chi connectivity index (χ0) is 15.8. The summed E-state index contributed by atoms with van der Waals surface area (Å²) in [4.78, 5) is 10.8. The zero-order valence-electron chi connectivity index (χ0n) is 13.3. The number of guanidine groups is 1. The maximum Gasteiger partial charge on any atom is 0.213 e. The third-order valence-electron chi connectivity index (χ3n) is 3.25. The van der Waals surface area contributed by atoms with Gasteiger partial charge in [0.25, 0.3) is 0 Å². The van der Waals surface area contributed by atoms with Gasteiger partial charge in [0.05, 0.1) is 19.3 Å². The van der Waals surface area contributed by atoms with E-state index in [0.717, 1.165) is 18.2 Å². The Morgan fingerprint density at radius 3 is 2.64 bits per heavy atom. The van der Waals surface area contributed by atoms with Crippen molar-refractivity contribution in [3.8, 4) is 5.88 Å². The molecule has 1 N–H and O–H groups in total. The van der Waals surface area contributed by atoms with Crippen LogP contribution in [0.3, 0.4) is 0 Å². The average Bonchev–Trinajstić information content (AvgIpc) is 2.56. The van der Waals surface area contributed by atoms with E-state index < -0.39 is 0 Å². The summed E-state index contributed by atoms with van der Waals surface area (Å²) in [5.41, 5.74) is 2.15. The van der Waals surface area contributed by atoms with Gasteiger partial charge in [-0.2, -0.15) is 0 Å². The highest BCUT2D eigenvalue weighted by Crippen LogP contribution is 2.07. The second kappa shape index (κ2) is 8.02. The summed E-state index contributed by atoms with van der Waals surface area (Å²) in [7, 11) is 5.41. The number of pyridine rings is 1. The van der Waals surface area contributed by atoms with E-state index in [4.69, 9.17) is 4.74 Å². The normalized spacial score (nSPS) is 11.1. The summed E-state index contributed by atoms with van der Waals surface area (Å²) in [6.45, 7) is 1.40. The van der Waals surface area contributed by atoms with Crippen molar-refractivity contribution >= 4 is 5.96 Å². The van der Waals surface area contributed by atoms with E-state index in [2.05, 4.69) is 32.3 Å². The van der Waals surface area contributed by atoms with Crippen LogP contribution in [0.5, 0.6) is 5.88 Å². The molecule has 1 aromatic carbocycles. The van der Waals surface area contributed by atoms with Gasteiger partial charge in [-0.1, -0.05) is 36.4 Å². The molecule has 0 bridgehead atoms. The number of nitrogens with one attached hydrogen (secondary N) is 1. The third kappa shape index (κ3) is 4.48. The van der Waals surface area contributed by atoms with Gasteiger partial charge in [-0.05, 0) is 11.6 Å². The molecule has 1 aromatic heterocycles. The van der Waals surface area contributed by atoms with E-state index in [1.54, 1.807) is 14.2 Å². The van der Waals surface area contributed by atoms with Gasteiger partial charge < -0.3 is 15.0 Å². The second-order valence-electron chi connectivity index (χ2n) is 4.91. The van der Waals surface area contributed by atoms with Gasteiger partial charge in [0.15, 0.2) is 5.96 Å². The predicted octanol–water partition coefficient (Wildman–Crippen LogP) is 2.30. The van der Waals surface area contributed by atoms with Gasteiger partial charge in [0.1, 0.15) is 0 Å². The molecule has 2 aromatic rings. The van der Waals surface area contributed by atoms with Crippen LogP contribution in [0.4, 0.5) is 0 Å². The van der Waals surface area contributed by atoms with Crippen LogP contribution in [0.15, 0.2) is 53.5 Å². The summed E-state index contributed by atoms with van der Waals surface area (Å²) < 4.78 is 5.13. The molecule has 0 saturated heterocycles. The molecule has 0 amide bonds. The van der Waals surface area contributed by atoms with Gasteiger partial charge in [-0.3, -0.25) is 4.99 Å². The van der Waals surface area contributed by atoms with Gasteiger partial charge in [0.2, 0.25) is 5.88 Å². The molecule has 0 aliphatic carbocycles. The van der Waals surface area contributed by atoms with Crippen molar-refractivity contribution in [2.75, 3.05) is 21.2 Å². The van der Waals surface area contributed by atoms with Crippen LogP contribution in [-0.4, -0.2) is 37.0 Å². The quantitative estimate of drug-likeness (QED) is 0.680. The van der Waals surface area contributed by atoms with E-state index in [1.165, 1.54) is 5.56 Å². The molecule has 5 heteroatoms. The van der Waals surface area contributed by atoms with Crippen LogP contribution < -0.4 is 10.1 Å². The molecule has 116 valence electrons. The number of nitrogens with zero attached hydrogens (tertiary/aromatic N) is 3. The molecule has 0 atom stereocenters. The maximum atomic E-state index is 5.13. The number of aromatic nitrogens is 1. The molecule has 0 unspecified atom stereocenters. The highest BCUT2D eigenvalue weighted by atomic mass is 16.5. The number of aliphatic imine (C=N–C) groups is 1. The molecule has 2 rings (SSSR count). The summed E-state index contributed by atoms with van der Waals surface area (Å²) in [6, 6.07) is 16.0. The fourth-order valence-corrected chi connectivity index (χ4v) is 2.16. The van der Waals surface area contributed by atoms with E-state index in [9.17, 15) is 0 Å². The summed E-state index contributed by atoms with van der Waals surface area (Å²) in [5, 5.41) is 3.31. The lowest BCUT2D eigenvalue weighted by Crippen LogP contribution is -2.38. The first-order valence-electron chi connectivity index (χ1n) is 7.18. The Morgan fingerprint density at radius 2 is 1.95 bits per heavy atom. The standard InChI is InChI=1S/C17H22N4O/c1-18-17(21(2)13-14-8-5-4-6-9-14)19-12-15-10-7-11-16(20-15)22-3/h4-11H,12-13H2,1-3H3,(H,18,19). The predicted molar refractivity (Wildman–Crippen MR) is 88.9 cm³/mol. The number of ether oxygens (including phenoxy) is 1. The molecule has 0 saturated carbocycles. The lowest BCUT2D eigenvalue weighted by Gasteiger charge is -2.22. The van der Waals surface area contributed by atoms with E-state index >= 15 is 0 Å². The Bertz CT molecular complexity index is 613. The summed E-state index contributed by atoms with van der Waals surface area (Å²) >= 11 is 0. The van der Waals surface area contributed by atoms with Gasteiger partial charge in [-0.25, -0.2) is 4.98 Å². The van der Waals surface area contributed by atoms with Gasteiger partial charge in [0, 0.05) is 26.7 Å². The van der Waals surface area contributed by atoms with Crippen molar-refractivity contribution in [1.82, 2.24) is 15.2 Å². The fourth-order valence-electron chi connectivity index (χ4n) is 2.16. The first-order chi connectivity index (χ1) is 10.7. The molecule has 0 aliphatic rings. The first-order valence-corrected chi connectivity index (χ1v) is 7.18. The SMILES string of the molecule is CN=C(NCc1cccc(OC)n1)N(C)Cc1ccccc1. The van der Waals surface area contributed by atoms with Crippen molar-refractivity contribution in [3.05, 3.63) is 59.8 Å². The maximum absolute atomic E-state index is 5.13. The molecule has 5 nitrogen and oxygen atoms in total. The van der Waals surface area contributed by atoms with Crippen LogP contribution in [0.25, 0.3) is 0 Å². The Balaban J connectivity index is 1.94. The van der Waals surface area contributed by atoms with Crippen molar-refractivity contribution in [3.63, 3.8) is 0 Å². The molecule has 22 heavy (non-hydrogen) atoms. The minimum absolute atomic E-state index is 0.600. The molecule has 0 spiro atoms. The largest absolute Gasteiger partial charge is 0.481 e. The average molecular weight is 298 g/mol. The number of methoxy groups -OCH3 is 1. The third-order valence-corrected chi connectivity index (χ3v) is 3.25. The summed E-state index contributed by atoms with van der Waals surface area (Å²) in [6.07, 6.45) is 0. The highest BCUT2D eigenvalue weighted by molar-refractivity contribution is 5.79. The Morgan fingerprint density at radius 1 is 1.18 bits per heavy atom. The Kier molecular flexibility index (Phi) is 5.77. The molecular formula is C17H22N4O. The zero-order valence-corrected chi connectivity index (χ0v) is 13.3. The van der Waals surface area contributed by atoms with Crippen molar-refractivity contribution in [2.24, 2.45) is 4.99 Å². The highest BCUT2D eigenvalue weighted by Gasteiger charge is 2.07. The van der Waals surface area contributed by atoms with Gasteiger partial charge in [-0.15, -0.1) is 0 Å². The Labute approximate surface area is 131 Å².